The Balaban J connectivity index is 2.52. The Morgan fingerprint density at radius 2 is 2.00 bits per heavy atom. The van der Waals surface area contributed by atoms with Crippen molar-refractivity contribution in [2.45, 2.75) is 58.7 Å². The first-order chi connectivity index (χ1) is 12.8. The van der Waals surface area contributed by atoms with E-state index in [4.69, 9.17) is 9.47 Å². The molecule has 0 fully saturated rings. The fourth-order valence-corrected chi connectivity index (χ4v) is 2.46. The van der Waals surface area contributed by atoms with Crippen LogP contribution in [0.5, 0.6) is 5.75 Å². The molecule has 7 heteroatoms. The predicted molar refractivity (Wildman–Crippen MR) is 109 cm³/mol. The van der Waals surface area contributed by atoms with Gasteiger partial charge in [0.05, 0.1) is 7.11 Å². The predicted octanol–water partition coefficient (Wildman–Crippen LogP) is 3.05. The average molecular weight is 379 g/mol. The fraction of sp³-hybridized carbons (Fsp3) is 0.600. The van der Waals surface area contributed by atoms with Crippen LogP contribution < -0.4 is 20.7 Å². The Kier molecular flexibility index (Phi) is 9.47. The van der Waals surface area contributed by atoms with Gasteiger partial charge in [0, 0.05) is 26.2 Å². The number of methoxy groups -OCH3 is 1. The highest BCUT2D eigenvalue weighted by atomic mass is 16.6. The number of hydrogen-bond acceptors (Lipinski definition) is 4. The quantitative estimate of drug-likeness (QED) is 0.478. The van der Waals surface area contributed by atoms with Crippen LogP contribution in [0.3, 0.4) is 0 Å². The number of hydrogen-bond donors (Lipinski definition) is 3. The maximum Gasteiger partial charge on any atom is 0.407 e. The summed E-state index contributed by atoms with van der Waals surface area (Å²) in [6.45, 7) is 8.82. The van der Waals surface area contributed by atoms with Gasteiger partial charge in [0.2, 0.25) is 0 Å². The Labute approximate surface area is 162 Å². The number of amides is 1. The van der Waals surface area contributed by atoms with Gasteiger partial charge in [-0.3, -0.25) is 4.99 Å². The van der Waals surface area contributed by atoms with Gasteiger partial charge in [-0.15, -0.1) is 0 Å². The van der Waals surface area contributed by atoms with Crippen molar-refractivity contribution >= 4 is 12.1 Å². The van der Waals surface area contributed by atoms with Gasteiger partial charge in [-0.05, 0) is 44.9 Å². The number of aliphatic imine (C=N–C) groups is 1. The molecule has 1 unspecified atom stereocenters. The molecular formula is C20H34N4O3. The highest BCUT2D eigenvalue weighted by Gasteiger charge is 2.19. The maximum absolute atomic E-state index is 12.0. The molecule has 152 valence electrons. The first-order valence-electron chi connectivity index (χ1n) is 9.34. The number of ether oxygens (including phenoxy) is 2. The molecule has 1 aromatic rings. The van der Waals surface area contributed by atoms with Gasteiger partial charge in [0.15, 0.2) is 5.96 Å². The number of rotatable bonds is 8. The lowest BCUT2D eigenvalue weighted by atomic mass is 10.1. The highest BCUT2D eigenvalue weighted by Crippen LogP contribution is 2.12. The lowest BCUT2D eigenvalue weighted by Gasteiger charge is -2.24. The summed E-state index contributed by atoms with van der Waals surface area (Å²) in [7, 11) is 3.37. The van der Waals surface area contributed by atoms with Crippen LogP contribution in [-0.4, -0.2) is 44.4 Å². The second-order valence-corrected chi connectivity index (χ2v) is 7.29. The summed E-state index contributed by atoms with van der Waals surface area (Å²) in [4.78, 5) is 16.2. The molecule has 1 aromatic carbocycles. The molecule has 0 aliphatic rings. The number of nitrogens with one attached hydrogen (secondary N) is 3. The third-order valence-corrected chi connectivity index (χ3v) is 3.69. The average Bonchev–Trinajstić information content (AvgIpc) is 2.60. The van der Waals surface area contributed by atoms with E-state index in [0.29, 0.717) is 19.0 Å². The number of benzene rings is 1. The SMILES string of the molecule is CCCC(CNC(=NC)NCc1cccc(OC)c1)NC(=O)OC(C)(C)C. The third kappa shape index (κ3) is 9.72. The lowest BCUT2D eigenvalue weighted by Crippen LogP contribution is -2.48. The third-order valence-electron chi connectivity index (χ3n) is 3.69. The van der Waals surface area contributed by atoms with Crippen molar-refractivity contribution in [1.82, 2.24) is 16.0 Å². The van der Waals surface area contributed by atoms with Gasteiger partial charge in [-0.1, -0.05) is 25.5 Å². The standard InChI is InChI=1S/C20H34N4O3/c1-7-9-16(24-19(25)27-20(2,3)4)14-23-18(21-5)22-13-15-10-8-11-17(12-15)26-6/h8,10-12,16H,7,9,13-14H2,1-6H3,(H,24,25)(H2,21,22,23). The van der Waals surface area contributed by atoms with Crippen molar-refractivity contribution in [2.24, 2.45) is 4.99 Å². The maximum atomic E-state index is 12.0. The molecule has 0 heterocycles. The Morgan fingerprint density at radius 3 is 2.59 bits per heavy atom. The van der Waals surface area contributed by atoms with Crippen molar-refractivity contribution in [3.63, 3.8) is 0 Å². The van der Waals surface area contributed by atoms with Crippen molar-refractivity contribution in [2.75, 3.05) is 20.7 Å². The zero-order valence-electron chi connectivity index (χ0n) is 17.4. The van der Waals surface area contributed by atoms with Gasteiger partial charge in [0.1, 0.15) is 11.4 Å². The van der Waals surface area contributed by atoms with E-state index in [2.05, 4.69) is 27.9 Å². The molecule has 0 aromatic heterocycles. The minimum atomic E-state index is -0.511. The van der Waals surface area contributed by atoms with Crippen LogP contribution in [0.15, 0.2) is 29.3 Å². The lowest BCUT2D eigenvalue weighted by molar-refractivity contribution is 0.0502. The van der Waals surface area contributed by atoms with Gasteiger partial charge < -0.3 is 25.4 Å². The summed E-state index contributed by atoms with van der Waals surface area (Å²) >= 11 is 0. The van der Waals surface area contributed by atoms with Crippen molar-refractivity contribution < 1.29 is 14.3 Å². The van der Waals surface area contributed by atoms with Crippen molar-refractivity contribution in [3.05, 3.63) is 29.8 Å². The second kappa shape index (κ2) is 11.3. The van der Waals surface area contributed by atoms with Gasteiger partial charge >= 0.3 is 6.09 Å². The van der Waals surface area contributed by atoms with E-state index in [1.165, 1.54) is 0 Å². The molecule has 0 bridgehead atoms. The fourth-order valence-electron chi connectivity index (χ4n) is 2.46. The summed E-state index contributed by atoms with van der Waals surface area (Å²) < 4.78 is 10.6. The smallest absolute Gasteiger partial charge is 0.407 e. The Morgan fingerprint density at radius 1 is 1.26 bits per heavy atom. The topological polar surface area (TPSA) is 84.0 Å². The normalized spacial score (nSPS) is 12.9. The molecule has 1 amide bonds. The largest absolute Gasteiger partial charge is 0.497 e. The molecule has 1 atom stereocenters. The van der Waals surface area contributed by atoms with Crippen molar-refractivity contribution in [1.29, 1.82) is 0 Å². The number of nitrogens with zero attached hydrogens (tertiary/aromatic N) is 1. The molecule has 0 aliphatic carbocycles. The van der Waals surface area contributed by atoms with E-state index in [-0.39, 0.29) is 6.04 Å². The summed E-state index contributed by atoms with van der Waals surface area (Å²) in [5, 5.41) is 9.44. The Bertz CT molecular complexity index is 611. The zero-order chi connectivity index (χ0) is 20.3. The van der Waals surface area contributed by atoms with Crippen LogP contribution in [0.4, 0.5) is 4.79 Å². The van der Waals surface area contributed by atoms with E-state index in [9.17, 15) is 4.79 Å². The van der Waals surface area contributed by atoms with E-state index in [1.807, 2.05) is 45.0 Å². The number of carbonyl (C=O) groups excluding carboxylic acids is 1. The van der Waals surface area contributed by atoms with Crippen LogP contribution in [0, 0.1) is 0 Å². The first kappa shape index (κ1) is 22.6. The van der Waals surface area contributed by atoms with E-state index < -0.39 is 11.7 Å². The van der Waals surface area contributed by atoms with Crippen LogP contribution in [-0.2, 0) is 11.3 Å². The zero-order valence-corrected chi connectivity index (χ0v) is 17.4. The van der Waals surface area contributed by atoms with Gasteiger partial charge in [-0.2, -0.15) is 0 Å². The molecule has 0 saturated heterocycles. The molecule has 27 heavy (non-hydrogen) atoms. The molecule has 0 saturated carbocycles. The van der Waals surface area contributed by atoms with Crippen LogP contribution in [0.2, 0.25) is 0 Å². The molecule has 0 spiro atoms. The minimum absolute atomic E-state index is 0.0415. The van der Waals surface area contributed by atoms with Gasteiger partial charge in [0.25, 0.3) is 0 Å². The molecule has 3 N–H and O–H groups in total. The number of guanidine groups is 1. The van der Waals surface area contributed by atoms with Gasteiger partial charge in [-0.25, -0.2) is 4.79 Å². The summed E-state index contributed by atoms with van der Waals surface area (Å²) in [6, 6.07) is 7.82. The molecule has 0 radical (unpaired) electrons. The van der Waals surface area contributed by atoms with E-state index in [1.54, 1.807) is 14.2 Å². The summed E-state index contributed by atoms with van der Waals surface area (Å²) in [6.07, 6.45) is 1.40. The van der Waals surface area contributed by atoms with Crippen molar-refractivity contribution in [3.8, 4) is 5.75 Å². The molecule has 7 nitrogen and oxygen atoms in total. The monoisotopic (exact) mass is 378 g/mol. The van der Waals surface area contributed by atoms with Crippen LogP contribution in [0.1, 0.15) is 46.1 Å². The second-order valence-electron chi connectivity index (χ2n) is 7.29. The van der Waals surface area contributed by atoms with Crippen LogP contribution in [0.25, 0.3) is 0 Å². The van der Waals surface area contributed by atoms with E-state index in [0.717, 1.165) is 24.2 Å². The summed E-state index contributed by atoms with van der Waals surface area (Å²) in [5.41, 5.74) is 0.581. The number of alkyl carbamates (subject to hydrolysis) is 1. The molecule has 0 aliphatic heterocycles. The number of carbonyl (C=O) groups is 1. The highest BCUT2D eigenvalue weighted by molar-refractivity contribution is 5.79. The summed E-state index contributed by atoms with van der Waals surface area (Å²) in [5.74, 6) is 1.49. The minimum Gasteiger partial charge on any atom is -0.497 e. The first-order valence-corrected chi connectivity index (χ1v) is 9.34. The molecule has 1 rings (SSSR count). The molecular weight excluding hydrogens is 344 g/mol. The van der Waals surface area contributed by atoms with E-state index >= 15 is 0 Å². The van der Waals surface area contributed by atoms with Crippen LogP contribution >= 0.6 is 0 Å². The Hall–Kier alpha value is -2.44.